The lowest BCUT2D eigenvalue weighted by atomic mass is 9.64. The lowest BCUT2D eigenvalue weighted by Gasteiger charge is -2.51. The zero-order valence-electron chi connectivity index (χ0n) is 11.9. The van der Waals surface area contributed by atoms with Gasteiger partial charge >= 0.3 is 0 Å². The monoisotopic (exact) mass is 263 g/mol. The third-order valence-electron chi connectivity index (χ3n) is 4.12. The number of hydrogen-bond acceptors (Lipinski definition) is 4. The van der Waals surface area contributed by atoms with Crippen molar-refractivity contribution in [3.8, 4) is 0 Å². The van der Waals surface area contributed by atoms with Crippen molar-refractivity contribution < 1.29 is 9.53 Å². The van der Waals surface area contributed by atoms with Crippen LogP contribution in [0.1, 0.15) is 36.3 Å². The number of nitrogen functional groups attached to an aromatic ring is 1. The zero-order chi connectivity index (χ0) is 14.2. The van der Waals surface area contributed by atoms with E-state index in [2.05, 4.69) is 24.1 Å². The molecule has 1 aromatic heterocycles. The molecule has 2 atom stereocenters. The first-order valence-corrected chi connectivity index (χ1v) is 6.42. The number of methoxy groups -OCH3 is 1. The van der Waals surface area contributed by atoms with Gasteiger partial charge in [0.15, 0.2) is 0 Å². The summed E-state index contributed by atoms with van der Waals surface area (Å²) in [6, 6.07) is 1.78. The van der Waals surface area contributed by atoms with Crippen LogP contribution in [0, 0.1) is 12.3 Å². The van der Waals surface area contributed by atoms with Crippen molar-refractivity contribution in [1.82, 2.24) is 10.3 Å². The molecule has 1 amide bonds. The summed E-state index contributed by atoms with van der Waals surface area (Å²) >= 11 is 0. The van der Waals surface area contributed by atoms with Crippen LogP contribution >= 0.6 is 0 Å². The molecule has 5 nitrogen and oxygen atoms in total. The molecule has 104 valence electrons. The molecule has 1 aliphatic rings. The number of pyridine rings is 1. The van der Waals surface area contributed by atoms with Gasteiger partial charge in [-0.05, 0) is 19.4 Å². The second kappa shape index (κ2) is 4.81. The smallest absolute Gasteiger partial charge is 0.253 e. The molecule has 2 rings (SSSR count). The molecule has 1 heterocycles. The van der Waals surface area contributed by atoms with E-state index in [1.54, 1.807) is 26.3 Å². The molecule has 1 saturated carbocycles. The highest BCUT2D eigenvalue weighted by Crippen LogP contribution is 2.42. The van der Waals surface area contributed by atoms with Crippen molar-refractivity contribution in [2.45, 2.75) is 39.3 Å². The van der Waals surface area contributed by atoms with Gasteiger partial charge in [-0.2, -0.15) is 0 Å². The summed E-state index contributed by atoms with van der Waals surface area (Å²) in [6.07, 6.45) is 2.59. The normalized spacial score (nSPS) is 24.6. The molecule has 5 heteroatoms. The Hall–Kier alpha value is -1.62. The average Bonchev–Trinajstić information content (AvgIpc) is 2.36. The maximum atomic E-state index is 12.3. The highest BCUT2D eigenvalue weighted by Gasteiger charge is 2.49. The van der Waals surface area contributed by atoms with Crippen LogP contribution in [0.25, 0.3) is 0 Å². The van der Waals surface area contributed by atoms with E-state index in [4.69, 9.17) is 10.5 Å². The number of hydrogen-bond donors (Lipinski definition) is 2. The second-order valence-corrected chi connectivity index (χ2v) is 5.71. The molecular weight excluding hydrogens is 242 g/mol. The Morgan fingerprint density at radius 2 is 2.26 bits per heavy atom. The van der Waals surface area contributed by atoms with Crippen LogP contribution in [0.15, 0.2) is 12.3 Å². The molecular formula is C14H21N3O2. The van der Waals surface area contributed by atoms with Gasteiger partial charge in [-0.25, -0.2) is 0 Å². The van der Waals surface area contributed by atoms with Crippen LogP contribution in [-0.4, -0.2) is 30.1 Å². The van der Waals surface area contributed by atoms with Crippen LogP contribution in [0.4, 0.5) is 5.69 Å². The van der Waals surface area contributed by atoms with Crippen LogP contribution in [0.2, 0.25) is 0 Å². The maximum Gasteiger partial charge on any atom is 0.253 e. The lowest BCUT2D eigenvalue weighted by Crippen LogP contribution is -2.61. The number of aromatic nitrogens is 1. The number of nitrogens with one attached hydrogen (secondary N) is 1. The number of rotatable bonds is 3. The fourth-order valence-electron chi connectivity index (χ4n) is 2.55. The summed E-state index contributed by atoms with van der Waals surface area (Å²) in [7, 11) is 1.70. The number of amides is 1. The summed E-state index contributed by atoms with van der Waals surface area (Å²) in [4.78, 5) is 16.4. The first-order chi connectivity index (χ1) is 8.86. The first kappa shape index (κ1) is 13.8. The van der Waals surface area contributed by atoms with E-state index in [1.807, 2.05) is 0 Å². The highest BCUT2D eigenvalue weighted by atomic mass is 16.5. The van der Waals surface area contributed by atoms with Crippen molar-refractivity contribution in [3.05, 3.63) is 23.5 Å². The SMILES string of the molecule is COC1CC(NC(=O)c2cc(N)cnc2C)C1(C)C. The molecule has 2 unspecified atom stereocenters. The van der Waals surface area contributed by atoms with Gasteiger partial charge in [0.1, 0.15) is 0 Å². The van der Waals surface area contributed by atoms with Crippen LogP contribution in [0.3, 0.4) is 0 Å². The van der Waals surface area contributed by atoms with E-state index in [0.717, 1.165) is 6.42 Å². The predicted molar refractivity (Wildman–Crippen MR) is 73.8 cm³/mol. The number of ether oxygens (including phenoxy) is 1. The Morgan fingerprint density at radius 1 is 1.58 bits per heavy atom. The summed E-state index contributed by atoms with van der Waals surface area (Å²) in [6.45, 7) is 6.00. The zero-order valence-corrected chi connectivity index (χ0v) is 11.9. The Labute approximate surface area is 113 Å². The number of nitrogens with two attached hydrogens (primary N) is 1. The van der Waals surface area contributed by atoms with Gasteiger partial charge in [-0.1, -0.05) is 13.8 Å². The topological polar surface area (TPSA) is 77.2 Å². The largest absolute Gasteiger partial charge is 0.397 e. The molecule has 0 radical (unpaired) electrons. The Balaban J connectivity index is 2.09. The Morgan fingerprint density at radius 3 is 2.84 bits per heavy atom. The van der Waals surface area contributed by atoms with Crippen LogP contribution in [0.5, 0.6) is 0 Å². The van der Waals surface area contributed by atoms with Gasteiger partial charge in [0.2, 0.25) is 0 Å². The van der Waals surface area contributed by atoms with Crippen molar-refractivity contribution in [3.63, 3.8) is 0 Å². The molecule has 0 aromatic carbocycles. The van der Waals surface area contributed by atoms with Crippen molar-refractivity contribution in [2.24, 2.45) is 5.41 Å². The van der Waals surface area contributed by atoms with E-state index in [9.17, 15) is 4.79 Å². The summed E-state index contributed by atoms with van der Waals surface area (Å²) in [5.74, 6) is -0.120. The Bertz CT molecular complexity index is 499. The molecule has 3 N–H and O–H groups in total. The van der Waals surface area contributed by atoms with Gasteiger partial charge < -0.3 is 15.8 Å². The number of nitrogens with zero attached hydrogens (tertiary/aromatic N) is 1. The maximum absolute atomic E-state index is 12.3. The van der Waals surface area contributed by atoms with Crippen LogP contribution in [-0.2, 0) is 4.74 Å². The molecule has 0 bridgehead atoms. The minimum atomic E-state index is -0.120. The van der Waals surface area contributed by atoms with E-state index < -0.39 is 0 Å². The van der Waals surface area contributed by atoms with Gasteiger partial charge in [-0.3, -0.25) is 9.78 Å². The minimum Gasteiger partial charge on any atom is -0.397 e. The average molecular weight is 263 g/mol. The van der Waals surface area contributed by atoms with E-state index in [-0.39, 0.29) is 23.5 Å². The van der Waals surface area contributed by atoms with Crippen molar-refractivity contribution in [1.29, 1.82) is 0 Å². The number of carbonyl (C=O) groups is 1. The van der Waals surface area contributed by atoms with E-state index in [1.165, 1.54) is 0 Å². The third-order valence-corrected chi connectivity index (χ3v) is 4.12. The molecule has 0 spiro atoms. The van der Waals surface area contributed by atoms with Crippen molar-refractivity contribution in [2.75, 3.05) is 12.8 Å². The highest BCUT2D eigenvalue weighted by molar-refractivity contribution is 5.96. The fourth-order valence-corrected chi connectivity index (χ4v) is 2.55. The minimum absolute atomic E-state index is 0.0495. The number of anilines is 1. The van der Waals surface area contributed by atoms with Gasteiger partial charge in [0, 0.05) is 18.6 Å². The van der Waals surface area contributed by atoms with Gasteiger partial charge in [0.05, 0.1) is 29.2 Å². The van der Waals surface area contributed by atoms with Gasteiger partial charge in [-0.15, -0.1) is 0 Å². The van der Waals surface area contributed by atoms with E-state index in [0.29, 0.717) is 16.9 Å². The van der Waals surface area contributed by atoms with E-state index >= 15 is 0 Å². The number of carbonyl (C=O) groups excluding carboxylic acids is 1. The second-order valence-electron chi connectivity index (χ2n) is 5.71. The van der Waals surface area contributed by atoms with Crippen molar-refractivity contribution >= 4 is 11.6 Å². The molecule has 0 aliphatic heterocycles. The summed E-state index contributed by atoms with van der Waals surface area (Å²) in [5, 5.41) is 3.04. The molecule has 19 heavy (non-hydrogen) atoms. The summed E-state index contributed by atoms with van der Waals surface area (Å²) in [5.41, 5.74) is 7.35. The molecule has 1 aliphatic carbocycles. The van der Waals surface area contributed by atoms with Crippen LogP contribution < -0.4 is 11.1 Å². The third kappa shape index (κ3) is 2.42. The number of aryl methyl sites for hydroxylation is 1. The molecule has 1 fully saturated rings. The van der Waals surface area contributed by atoms with Gasteiger partial charge in [0.25, 0.3) is 5.91 Å². The molecule has 0 saturated heterocycles. The predicted octanol–water partition coefficient (Wildman–Crippen LogP) is 1.52. The quantitative estimate of drug-likeness (QED) is 0.866. The fraction of sp³-hybridized carbons (Fsp3) is 0.571. The lowest BCUT2D eigenvalue weighted by molar-refractivity contribution is -0.0942. The Kier molecular flexibility index (Phi) is 3.49. The summed E-state index contributed by atoms with van der Waals surface area (Å²) < 4.78 is 5.38. The molecule has 1 aromatic rings. The first-order valence-electron chi connectivity index (χ1n) is 6.42. The standard InChI is InChI=1S/C14H21N3O2/c1-8-10(5-9(15)7-16-8)13(18)17-11-6-12(19-4)14(11,2)3/h5,7,11-12H,6,15H2,1-4H3,(H,17,18).